The average Bonchev–Trinajstić information content (AvgIpc) is 3.20. The maximum atomic E-state index is 2.56. The van der Waals surface area contributed by atoms with Crippen molar-refractivity contribution < 1.29 is 48.0 Å². The molecule has 0 bridgehead atoms. The molecular weight excluding hydrogens is 474 g/mol. The predicted octanol–water partition coefficient (Wildman–Crippen LogP) is 0.412. The molecule has 2 aliphatic carbocycles. The van der Waals surface area contributed by atoms with Crippen molar-refractivity contribution in [2.45, 2.75) is 65.2 Å². The molecule has 0 fully saturated rings. The first-order chi connectivity index (χ1) is 12.6. The Morgan fingerprint density at radius 3 is 2.03 bits per heavy atom. The largest absolute Gasteiger partial charge is 1.00 e. The van der Waals surface area contributed by atoms with E-state index in [0.717, 1.165) is 6.42 Å². The molecule has 0 radical (unpaired) electrons. The maximum absolute atomic E-state index is 2.56. The van der Waals surface area contributed by atoms with Gasteiger partial charge in [0.2, 0.25) is 0 Å². The fourth-order valence-electron chi connectivity index (χ4n) is 4.00. The molecule has 0 saturated carbocycles. The van der Waals surface area contributed by atoms with Crippen LogP contribution in [0.2, 0.25) is 0 Å². The van der Waals surface area contributed by atoms with Gasteiger partial charge in [0.1, 0.15) is 0 Å². The molecule has 0 aliphatic heterocycles. The molecule has 0 spiro atoms. The van der Waals surface area contributed by atoms with Gasteiger partial charge in [0, 0.05) is 0 Å². The fourth-order valence-corrected chi connectivity index (χ4v) is 7.31. The van der Waals surface area contributed by atoms with Crippen molar-refractivity contribution in [3.8, 4) is 11.1 Å². The van der Waals surface area contributed by atoms with Gasteiger partial charge in [0.25, 0.3) is 0 Å². The standard InChI is InChI=1S/C21H25.C5H5.2ClH.Zr/c1-20(2,3)16-9-7-14-11-15-8-10-17(21(4,5)6)13-19(15)18(14)12-16;1-2-4-5-3-1;;;/h7,9-10,12-13H,11H2,1-6H3;1-3H,4H2;2*1H;/q;;;;+2/p-2. The monoisotopic (exact) mass is 502 g/mol. The number of halogens is 2. The molecular formula is C26H30Cl2Zr. The minimum absolute atomic E-state index is 0. The van der Waals surface area contributed by atoms with Crippen LogP contribution in [0, 0.1) is 0 Å². The first-order valence-electron chi connectivity index (χ1n) is 10.1. The van der Waals surface area contributed by atoms with E-state index in [1.54, 1.807) is 12.1 Å². The summed E-state index contributed by atoms with van der Waals surface area (Å²) in [4.78, 5) is 0. The summed E-state index contributed by atoms with van der Waals surface area (Å²) in [5.41, 5.74) is 9.48. The summed E-state index contributed by atoms with van der Waals surface area (Å²) in [6, 6.07) is 12.3. The van der Waals surface area contributed by atoms with E-state index in [1.165, 1.54) is 34.2 Å². The molecule has 0 heterocycles. The van der Waals surface area contributed by atoms with Gasteiger partial charge in [-0.25, -0.2) is 0 Å². The van der Waals surface area contributed by atoms with Crippen LogP contribution in [0.5, 0.6) is 0 Å². The summed E-state index contributed by atoms with van der Waals surface area (Å²) in [7, 11) is 0. The van der Waals surface area contributed by atoms with Gasteiger partial charge in [0.15, 0.2) is 0 Å². The molecule has 0 saturated heterocycles. The van der Waals surface area contributed by atoms with E-state index in [0.29, 0.717) is 0 Å². The smallest absolute Gasteiger partial charge is 1.00 e. The van der Waals surface area contributed by atoms with Crippen LogP contribution in [-0.2, 0) is 40.5 Å². The molecule has 2 aromatic carbocycles. The average molecular weight is 505 g/mol. The Balaban J connectivity index is 0.00000150. The van der Waals surface area contributed by atoms with Crippen molar-refractivity contribution in [2.75, 3.05) is 0 Å². The van der Waals surface area contributed by atoms with E-state index in [9.17, 15) is 0 Å². The molecule has 29 heavy (non-hydrogen) atoms. The molecule has 0 N–H and O–H groups in total. The molecule has 2 aliphatic rings. The predicted molar refractivity (Wildman–Crippen MR) is 114 cm³/mol. The number of hydrogen-bond donors (Lipinski definition) is 0. The van der Waals surface area contributed by atoms with E-state index < -0.39 is 23.2 Å². The molecule has 0 atom stereocenters. The first kappa shape index (κ1) is 24.7. The molecule has 3 heteroatoms. The Labute approximate surface area is 200 Å². The molecule has 2 aromatic rings. The van der Waals surface area contributed by atoms with Crippen LogP contribution in [0.4, 0.5) is 0 Å². The van der Waals surface area contributed by atoms with Crippen LogP contribution < -0.4 is 28.1 Å². The third-order valence-electron chi connectivity index (χ3n) is 5.82. The second-order valence-corrected chi connectivity index (χ2v) is 13.6. The van der Waals surface area contributed by atoms with Gasteiger partial charge in [-0.15, -0.1) is 0 Å². The van der Waals surface area contributed by atoms with E-state index in [4.69, 9.17) is 0 Å². The number of benzene rings is 2. The molecule has 0 unspecified atom stereocenters. The first-order valence-corrected chi connectivity index (χ1v) is 12.5. The van der Waals surface area contributed by atoms with Crippen LogP contribution in [0.1, 0.15) is 70.2 Å². The Morgan fingerprint density at radius 1 is 0.793 bits per heavy atom. The second kappa shape index (κ2) is 8.86. The summed E-state index contributed by atoms with van der Waals surface area (Å²) in [6.45, 7) is 14.0. The van der Waals surface area contributed by atoms with Crippen molar-refractivity contribution in [3.63, 3.8) is 0 Å². The van der Waals surface area contributed by atoms with E-state index in [1.807, 2.05) is 0 Å². The molecule has 0 amide bonds. The Kier molecular flexibility index (Phi) is 7.53. The topological polar surface area (TPSA) is 0 Å². The Morgan fingerprint density at radius 2 is 1.45 bits per heavy atom. The van der Waals surface area contributed by atoms with Gasteiger partial charge >= 0.3 is 177 Å². The van der Waals surface area contributed by atoms with Crippen LogP contribution in [0.3, 0.4) is 0 Å². The van der Waals surface area contributed by atoms with Gasteiger partial charge in [-0.05, 0) is 0 Å². The van der Waals surface area contributed by atoms with Crippen molar-refractivity contribution >= 4 is 3.27 Å². The SMILES string of the molecule is CC(C)(C)c1ccc2c(c1)-c1cc(C(C)(C)C)c[c]([Zr+2][C]3=CC=CC3)c1C2.[Cl-].[Cl-]. The number of rotatable bonds is 2. The molecule has 0 aromatic heterocycles. The molecule has 4 rings (SSSR count). The van der Waals surface area contributed by atoms with Gasteiger partial charge in [0.05, 0.1) is 0 Å². The Bertz CT molecular complexity index is 969. The number of fused-ring (bicyclic) bond motifs is 3. The summed E-state index contributed by atoms with van der Waals surface area (Å²) < 4.78 is 3.41. The third kappa shape index (κ3) is 5.00. The van der Waals surface area contributed by atoms with E-state index in [2.05, 4.69) is 90.1 Å². The summed E-state index contributed by atoms with van der Waals surface area (Å²) in [5.74, 6) is 0. The fraction of sp³-hybridized carbons (Fsp3) is 0.385. The maximum Gasteiger partial charge on any atom is -1.00 e. The molecule has 0 nitrogen and oxygen atoms in total. The number of hydrogen-bond acceptors (Lipinski definition) is 0. The minimum atomic E-state index is -0.719. The second-order valence-electron chi connectivity index (χ2n) is 10.0. The third-order valence-corrected chi connectivity index (χ3v) is 9.28. The summed E-state index contributed by atoms with van der Waals surface area (Å²) in [6.07, 6.45) is 9.24. The van der Waals surface area contributed by atoms with Gasteiger partial charge in [-0.1, -0.05) is 0 Å². The zero-order valence-corrected chi connectivity index (χ0v) is 22.3. The normalized spacial score (nSPS) is 14.3. The minimum Gasteiger partial charge on any atom is -1.00 e. The Hall–Kier alpha value is -0.617. The van der Waals surface area contributed by atoms with Crippen LogP contribution in [0.25, 0.3) is 11.1 Å². The zero-order chi connectivity index (χ0) is 19.4. The van der Waals surface area contributed by atoms with Crippen molar-refractivity contribution in [1.82, 2.24) is 0 Å². The van der Waals surface area contributed by atoms with Crippen LogP contribution >= 0.6 is 0 Å². The van der Waals surface area contributed by atoms with Crippen molar-refractivity contribution in [3.05, 3.63) is 74.1 Å². The van der Waals surface area contributed by atoms with Crippen molar-refractivity contribution in [2.24, 2.45) is 0 Å². The van der Waals surface area contributed by atoms with Crippen LogP contribution in [0.15, 0.2) is 51.8 Å². The zero-order valence-electron chi connectivity index (χ0n) is 18.3. The van der Waals surface area contributed by atoms with Crippen molar-refractivity contribution in [1.29, 1.82) is 0 Å². The van der Waals surface area contributed by atoms with E-state index in [-0.39, 0.29) is 35.6 Å². The van der Waals surface area contributed by atoms with Gasteiger partial charge in [-0.3, -0.25) is 0 Å². The number of allylic oxidation sites excluding steroid dienone is 4. The van der Waals surface area contributed by atoms with Gasteiger partial charge in [-0.2, -0.15) is 0 Å². The summed E-state index contributed by atoms with van der Waals surface area (Å²) >= 11 is -0.719. The molecule has 152 valence electrons. The van der Waals surface area contributed by atoms with Crippen LogP contribution in [-0.4, -0.2) is 0 Å². The summed E-state index contributed by atoms with van der Waals surface area (Å²) in [5, 5.41) is 0. The van der Waals surface area contributed by atoms with Gasteiger partial charge < -0.3 is 24.8 Å². The quantitative estimate of drug-likeness (QED) is 0.475. The van der Waals surface area contributed by atoms with E-state index >= 15 is 0 Å².